The number of methoxy groups -OCH3 is 2. The summed E-state index contributed by atoms with van der Waals surface area (Å²) in [7, 11) is -1.25. The van der Waals surface area contributed by atoms with Crippen LogP contribution in [0, 0.1) is 6.92 Å². The molecule has 0 saturated heterocycles. The van der Waals surface area contributed by atoms with Crippen LogP contribution >= 0.6 is 0 Å². The molecule has 0 saturated carbocycles. The van der Waals surface area contributed by atoms with Crippen LogP contribution in [-0.2, 0) is 32.6 Å². The Hall–Kier alpha value is -4.83. The number of nitrogens with zero attached hydrogens (tertiary/aromatic N) is 2. The standard InChI is InChI=1S/C35H39N3O6S/c1-5-36-35(40)32(23-27-12-7-6-8-13-27)37(24-28-14-11-15-29(22-28)43-3)34(39)25-38(31-16-9-10-17-33(31)44-4)45(41,42)30-20-18-26(2)19-21-30/h6-22,32H,5,23-25H2,1-4H3,(H,36,40)/t32-/m0/s1. The first kappa shape index (κ1) is 33.1. The molecule has 2 amide bonds. The number of sulfonamides is 1. The van der Waals surface area contributed by atoms with Crippen LogP contribution in [0.25, 0.3) is 0 Å². The summed E-state index contributed by atoms with van der Waals surface area (Å²) >= 11 is 0. The van der Waals surface area contributed by atoms with Gasteiger partial charge < -0.3 is 19.7 Å². The molecule has 4 rings (SSSR count). The molecule has 0 unspecified atom stereocenters. The second-order valence-electron chi connectivity index (χ2n) is 10.5. The van der Waals surface area contributed by atoms with Crippen molar-refractivity contribution < 1.29 is 27.5 Å². The number of aryl methyl sites for hydroxylation is 1. The van der Waals surface area contributed by atoms with Gasteiger partial charge in [0.2, 0.25) is 11.8 Å². The van der Waals surface area contributed by atoms with Gasteiger partial charge in [0.25, 0.3) is 10.0 Å². The molecular weight excluding hydrogens is 590 g/mol. The molecule has 4 aromatic carbocycles. The first-order valence-electron chi connectivity index (χ1n) is 14.6. The number of ether oxygens (including phenoxy) is 2. The van der Waals surface area contributed by atoms with Crippen molar-refractivity contribution in [1.29, 1.82) is 0 Å². The Morgan fingerprint density at radius 2 is 1.49 bits per heavy atom. The third-order valence-corrected chi connectivity index (χ3v) is 9.12. The van der Waals surface area contributed by atoms with Gasteiger partial charge in [0.15, 0.2) is 0 Å². The smallest absolute Gasteiger partial charge is 0.264 e. The largest absolute Gasteiger partial charge is 0.497 e. The van der Waals surface area contributed by atoms with Crippen molar-refractivity contribution in [2.75, 3.05) is 31.6 Å². The molecule has 1 N–H and O–H groups in total. The summed E-state index contributed by atoms with van der Waals surface area (Å²) in [5.41, 5.74) is 2.67. The van der Waals surface area contributed by atoms with E-state index in [0.29, 0.717) is 12.3 Å². The molecule has 0 radical (unpaired) electrons. The van der Waals surface area contributed by atoms with E-state index in [9.17, 15) is 18.0 Å². The SMILES string of the molecule is CCNC(=O)[C@H](Cc1ccccc1)N(Cc1cccc(OC)c1)C(=O)CN(c1ccccc1OC)S(=O)(=O)c1ccc(C)cc1. The van der Waals surface area contributed by atoms with Gasteiger partial charge in [-0.3, -0.25) is 13.9 Å². The molecule has 1 atom stereocenters. The Morgan fingerprint density at radius 1 is 0.822 bits per heavy atom. The van der Waals surface area contributed by atoms with Crippen molar-refractivity contribution in [3.63, 3.8) is 0 Å². The second kappa shape index (κ2) is 15.3. The van der Waals surface area contributed by atoms with E-state index < -0.39 is 28.5 Å². The van der Waals surface area contributed by atoms with Gasteiger partial charge in [0.1, 0.15) is 24.1 Å². The maximum atomic E-state index is 14.5. The monoisotopic (exact) mass is 629 g/mol. The average molecular weight is 630 g/mol. The molecule has 236 valence electrons. The highest BCUT2D eigenvalue weighted by molar-refractivity contribution is 7.92. The lowest BCUT2D eigenvalue weighted by molar-refractivity contribution is -0.140. The van der Waals surface area contributed by atoms with Crippen LogP contribution in [0.15, 0.2) is 108 Å². The number of benzene rings is 4. The van der Waals surface area contributed by atoms with Crippen LogP contribution in [0.3, 0.4) is 0 Å². The van der Waals surface area contributed by atoms with Crippen molar-refractivity contribution in [3.8, 4) is 11.5 Å². The zero-order valence-corrected chi connectivity index (χ0v) is 26.8. The van der Waals surface area contributed by atoms with E-state index >= 15 is 0 Å². The van der Waals surface area contributed by atoms with Gasteiger partial charge in [-0.25, -0.2) is 8.42 Å². The summed E-state index contributed by atoms with van der Waals surface area (Å²) < 4.78 is 40.4. The number of anilines is 1. The Bertz CT molecular complexity index is 1690. The maximum absolute atomic E-state index is 14.5. The van der Waals surface area contributed by atoms with Crippen LogP contribution in [0.2, 0.25) is 0 Å². The number of carbonyl (C=O) groups excluding carboxylic acids is 2. The molecule has 0 spiro atoms. The Kier molecular flexibility index (Phi) is 11.2. The van der Waals surface area contributed by atoms with E-state index in [4.69, 9.17) is 9.47 Å². The highest BCUT2D eigenvalue weighted by atomic mass is 32.2. The third-order valence-electron chi connectivity index (χ3n) is 7.35. The van der Waals surface area contributed by atoms with Crippen LogP contribution in [-0.4, -0.2) is 58.5 Å². The minimum atomic E-state index is -4.25. The number of amides is 2. The summed E-state index contributed by atoms with van der Waals surface area (Å²) in [6.45, 7) is 3.49. The van der Waals surface area contributed by atoms with Gasteiger partial charge in [-0.1, -0.05) is 72.3 Å². The van der Waals surface area contributed by atoms with E-state index in [1.165, 1.54) is 24.1 Å². The number of hydrogen-bond acceptors (Lipinski definition) is 6. The number of nitrogens with one attached hydrogen (secondary N) is 1. The maximum Gasteiger partial charge on any atom is 0.264 e. The van der Waals surface area contributed by atoms with Gasteiger partial charge in [-0.2, -0.15) is 0 Å². The van der Waals surface area contributed by atoms with Gasteiger partial charge in [0, 0.05) is 19.5 Å². The molecule has 0 aromatic heterocycles. The zero-order chi connectivity index (χ0) is 32.4. The van der Waals surface area contributed by atoms with E-state index in [2.05, 4.69) is 5.32 Å². The minimum Gasteiger partial charge on any atom is -0.497 e. The highest BCUT2D eigenvalue weighted by Gasteiger charge is 2.35. The van der Waals surface area contributed by atoms with E-state index in [-0.39, 0.29) is 35.2 Å². The number of rotatable bonds is 14. The van der Waals surface area contributed by atoms with Gasteiger partial charge in [0.05, 0.1) is 24.8 Å². The topological polar surface area (TPSA) is 105 Å². The summed E-state index contributed by atoms with van der Waals surface area (Å²) in [5.74, 6) is -0.0329. The highest BCUT2D eigenvalue weighted by Crippen LogP contribution is 2.33. The second-order valence-corrected chi connectivity index (χ2v) is 12.3. The minimum absolute atomic E-state index is 0.0238. The Balaban J connectivity index is 1.83. The van der Waals surface area contributed by atoms with Crippen molar-refractivity contribution >= 4 is 27.5 Å². The fourth-order valence-corrected chi connectivity index (χ4v) is 6.42. The van der Waals surface area contributed by atoms with E-state index in [1.807, 2.05) is 50.2 Å². The quantitative estimate of drug-likeness (QED) is 0.211. The first-order valence-corrected chi connectivity index (χ1v) is 16.1. The van der Waals surface area contributed by atoms with Crippen LogP contribution in [0.4, 0.5) is 5.69 Å². The van der Waals surface area contributed by atoms with Crippen molar-refractivity contribution in [2.24, 2.45) is 0 Å². The number of para-hydroxylation sites is 2. The number of carbonyl (C=O) groups is 2. The molecule has 0 heterocycles. The number of hydrogen-bond donors (Lipinski definition) is 1. The first-order chi connectivity index (χ1) is 21.7. The molecule has 0 fully saturated rings. The molecule has 45 heavy (non-hydrogen) atoms. The summed E-state index contributed by atoms with van der Waals surface area (Å²) in [6, 6.07) is 28.8. The number of likely N-dealkylation sites (N-methyl/N-ethyl adjacent to an activating group) is 1. The molecule has 0 bridgehead atoms. The Morgan fingerprint density at radius 3 is 2.16 bits per heavy atom. The molecule has 0 aliphatic carbocycles. The predicted octanol–water partition coefficient (Wildman–Crippen LogP) is 4.98. The molecule has 0 aliphatic heterocycles. The summed E-state index contributed by atoms with van der Waals surface area (Å²) in [6.07, 6.45) is 0.224. The lowest BCUT2D eigenvalue weighted by Crippen LogP contribution is -2.53. The van der Waals surface area contributed by atoms with Crippen molar-refractivity contribution in [1.82, 2.24) is 10.2 Å². The van der Waals surface area contributed by atoms with Gasteiger partial charge in [-0.05, 0) is 61.4 Å². The fourth-order valence-electron chi connectivity index (χ4n) is 5.00. The summed E-state index contributed by atoms with van der Waals surface area (Å²) in [4.78, 5) is 29.6. The zero-order valence-electron chi connectivity index (χ0n) is 26.0. The van der Waals surface area contributed by atoms with Gasteiger partial charge >= 0.3 is 0 Å². The lowest BCUT2D eigenvalue weighted by Gasteiger charge is -2.34. The molecule has 10 heteroatoms. The van der Waals surface area contributed by atoms with Crippen LogP contribution in [0.5, 0.6) is 11.5 Å². The molecule has 0 aliphatic rings. The molecule has 4 aromatic rings. The van der Waals surface area contributed by atoms with Gasteiger partial charge in [-0.15, -0.1) is 0 Å². The van der Waals surface area contributed by atoms with Crippen molar-refractivity contribution in [2.45, 2.75) is 37.8 Å². The lowest BCUT2D eigenvalue weighted by atomic mass is 10.0. The summed E-state index contributed by atoms with van der Waals surface area (Å²) in [5, 5.41) is 2.86. The predicted molar refractivity (Wildman–Crippen MR) is 175 cm³/mol. The van der Waals surface area contributed by atoms with E-state index in [0.717, 1.165) is 21.0 Å². The molecular formula is C35H39N3O6S. The Labute approximate surface area is 265 Å². The fraction of sp³-hybridized carbons (Fsp3) is 0.257. The molecule has 9 nitrogen and oxygen atoms in total. The normalized spacial score (nSPS) is 11.7. The average Bonchev–Trinajstić information content (AvgIpc) is 3.06. The third kappa shape index (κ3) is 8.21. The van der Waals surface area contributed by atoms with Crippen LogP contribution < -0.4 is 19.1 Å². The van der Waals surface area contributed by atoms with Crippen LogP contribution in [0.1, 0.15) is 23.6 Å². The van der Waals surface area contributed by atoms with E-state index in [1.54, 1.807) is 61.7 Å². The van der Waals surface area contributed by atoms with Crippen molar-refractivity contribution in [3.05, 3.63) is 120 Å².